The molecule has 3 rings (SSSR count). The van der Waals surface area contributed by atoms with Gasteiger partial charge < -0.3 is 14.6 Å². The SMILES string of the molecule is OC1CCC(c2nc(-c3ccc[nH]3)no2)CC1. The van der Waals surface area contributed by atoms with Crippen molar-refractivity contribution in [2.24, 2.45) is 0 Å². The van der Waals surface area contributed by atoms with Crippen LogP contribution in [0, 0.1) is 0 Å². The Hall–Kier alpha value is -1.62. The van der Waals surface area contributed by atoms with Gasteiger partial charge in [0.1, 0.15) is 0 Å². The molecule has 0 atom stereocenters. The molecular weight excluding hydrogens is 218 g/mol. The third kappa shape index (κ3) is 2.10. The molecule has 0 radical (unpaired) electrons. The molecule has 90 valence electrons. The highest BCUT2D eigenvalue weighted by molar-refractivity contribution is 5.47. The zero-order valence-electron chi connectivity index (χ0n) is 9.47. The topological polar surface area (TPSA) is 74.9 Å². The molecule has 0 spiro atoms. The van der Waals surface area contributed by atoms with Crippen LogP contribution in [0.15, 0.2) is 22.9 Å². The first-order chi connectivity index (χ1) is 8.33. The largest absolute Gasteiger partial charge is 0.393 e. The molecular formula is C12H15N3O2. The van der Waals surface area contributed by atoms with Gasteiger partial charge in [-0.05, 0) is 37.8 Å². The predicted molar refractivity (Wildman–Crippen MR) is 61.3 cm³/mol. The van der Waals surface area contributed by atoms with Crippen LogP contribution in [-0.4, -0.2) is 26.3 Å². The van der Waals surface area contributed by atoms with Gasteiger partial charge in [-0.2, -0.15) is 4.98 Å². The summed E-state index contributed by atoms with van der Waals surface area (Å²) in [7, 11) is 0. The van der Waals surface area contributed by atoms with E-state index < -0.39 is 0 Å². The van der Waals surface area contributed by atoms with Gasteiger partial charge in [-0.15, -0.1) is 0 Å². The van der Waals surface area contributed by atoms with Crippen molar-refractivity contribution in [3.63, 3.8) is 0 Å². The van der Waals surface area contributed by atoms with Crippen LogP contribution in [0.1, 0.15) is 37.5 Å². The molecule has 0 amide bonds. The molecule has 5 heteroatoms. The Bertz CT molecular complexity index is 470. The number of H-pyrrole nitrogens is 1. The number of hydrogen-bond donors (Lipinski definition) is 2. The molecule has 1 fully saturated rings. The van der Waals surface area contributed by atoms with Gasteiger partial charge in [0.25, 0.3) is 0 Å². The molecule has 1 aliphatic rings. The lowest BCUT2D eigenvalue weighted by Crippen LogP contribution is -2.17. The molecule has 1 aliphatic carbocycles. The number of nitrogens with zero attached hydrogens (tertiary/aromatic N) is 2. The van der Waals surface area contributed by atoms with E-state index in [4.69, 9.17) is 4.52 Å². The van der Waals surface area contributed by atoms with Crippen molar-refractivity contribution in [2.45, 2.75) is 37.7 Å². The van der Waals surface area contributed by atoms with Gasteiger partial charge in [0.05, 0.1) is 11.8 Å². The van der Waals surface area contributed by atoms with Crippen LogP contribution in [-0.2, 0) is 0 Å². The second-order valence-corrected chi connectivity index (χ2v) is 4.55. The standard InChI is InChI=1S/C12H15N3O2/c16-9-5-3-8(4-6-9)12-14-11(15-17-12)10-2-1-7-13-10/h1-2,7-9,13,16H,3-6H2. The molecule has 2 aromatic heterocycles. The molecule has 1 saturated carbocycles. The number of aromatic nitrogens is 3. The number of rotatable bonds is 2. The summed E-state index contributed by atoms with van der Waals surface area (Å²) in [5, 5.41) is 13.4. The Morgan fingerprint density at radius 3 is 2.82 bits per heavy atom. The van der Waals surface area contributed by atoms with Crippen LogP contribution in [0.5, 0.6) is 0 Å². The van der Waals surface area contributed by atoms with Gasteiger partial charge in [0, 0.05) is 12.1 Å². The monoisotopic (exact) mass is 233 g/mol. The minimum Gasteiger partial charge on any atom is -0.393 e. The highest BCUT2D eigenvalue weighted by Gasteiger charge is 2.25. The summed E-state index contributed by atoms with van der Waals surface area (Å²) in [5.41, 5.74) is 0.871. The Labute approximate surface area is 98.9 Å². The normalized spacial score (nSPS) is 25.0. The minimum atomic E-state index is -0.156. The van der Waals surface area contributed by atoms with E-state index in [0.717, 1.165) is 31.4 Å². The van der Waals surface area contributed by atoms with Gasteiger partial charge in [0.2, 0.25) is 11.7 Å². The number of aromatic amines is 1. The summed E-state index contributed by atoms with van der Waals surface area (Å²) in [4.78, 5) is 7.46. The fourth-order valence-electron chi connectivity index (χ4n) is 2.30. The third-order valence-electron chi connectivity index (χ3n) is 3.33. The van der Waals surface area contributed by atoms with Gasteiger partial charge in [-0.1, -0.05) is 5.16 Å². The first-order valence-electron chi connectivity index (χ1n) is 5.98. The molecule has 0 saturated heterocycles. The summed E-state index contributed by atoms with van der Waals surface area (Å²) in [6.07, 6.45) is 5.18. The highest BCUT2D eigenvalue weighted by Crippen LogP contribution is 2.32. The lowest BCUT2D eigenvalue weighted by molar-refractivity contribution is 0.116. The van der Waals surface area contributed by atoms with Crippen molar-refractivity contribution in [1.29, 1.82) is 0 Å². The number of aliphatic hydroxyl groups excluding tert-OH is 1. The van der Waals surface area contributed by atoms with E-state index in [9.17, 15) is 5.11 Å². The van der Waals surface area contributed by atoms with Gasteiger partial charge in [-0.3, -0.25) is 0 Å². The molecule has 5 nitrogen and oxygen atoms in total. The van der Waals surface area contributed by atoms with Crippen LogP contribution in [0.3, 0.4) is 0 Å². The number of hydrogen-bond acceptors (Lipinski definition) is 4. The van der Waals surface area contributed by atoms with Crippen LogP contribution in [0.4, 0.5) is 0 Å². The molecule has 17 heavy (non-hydrogen) atoms. The van der Waals surface area contributed by atoms with Crippen LogP contribution < -0.4 is 0 Å². The molecule has 2 heterocycles. The van der Waals surface area contributed by atoms with E-state index in [-0.39, 0.29) is 6.10 Å². The van der Waals surface area contributed by atoms with Gasteiger partial charge in [-0.25, -0.2) is 0 Å². The fourth-order valence-corrected chi connectivity index (χ4v) is 2.30. The summed E-state index contributed by atoms with van der Waals surface area (Å²) in [5.74, 6) is 1.60. The van der Waals surface area contributed by atoms with Crippen molar-refractivity contribution >= 4 is 0 Å². The lowest BCUT2D eigenvalue weighted by Gasteiger charge is -2.22. The number of nitrogens with one attached hydrogen (secondary N) is 1. The lowest BCUT2D eigenvalue weighted by atomic mass is 9.87. The zero-order chi connectivity index (χ0) is 11.7. The first kappa shape index (κ1) is 10.5. The molecule has 0 aromatic carbocycles. The maximum absolute atomic E-state index is 9.46. The van der Waals surface area contributed by atoms with E-state index in [0.29, 0.717) is 17.6 Å². The third-order valence-corrected chi connectivity index (χ3v) is 3.33. The quantitative estimate of drug-likeness (QED) is 0.832. The summed E-state index contributed by atoms with van der Waals surface area (Å²) < 4.78 is 5.30. The minimum absolute atomic E-state index is 0.156. The maximum atomic E-state index is 9.46. The summed E-state index contributed by atoms with van der Waals surface area (Å²) in [6.45, 7) is 0. The smallest absolute Gasteiger partial charge is 0.230 e. The van der Waals surface area contributed by atoms with Gasteiger partial charge >= 0.3 is 0 Å². The molecule has 2 aromatic rings. The van der Waals surface area contributed by atoms with Crippen molar-refractivity contribution < 1.29 is 9.63 Å². The van der Waals surface area contributed by atoms with E-state index in [2.05, 4.69) is 15.1 Å². The first-order valence-corrected chi connectivity index (χ1v) is 5.98. The Balaban J connectivity index is 1.76. The van der Waals surface area contributed by atoms with E-state index in [1.807, 2.05) is 18.3 Å². The average Bonchev–Trinajstić information content (AvgIpc) is 3.00. The van der Waals surface area contributed by atoms with Crippen molar-refractivity contribution in [3.8, 4) is 11.5 Å². The highest BCUT2D eigenvalue weighted by atomic mass is 16.5. The second-order valence-electron chi connectivity index (χ2n) is 4.55. The van der Waals surface area contributed by atoms with Crippen LogP contribution in [0.2, 0.25) is 0 Å². The Morgan fingerprint density at radius 2 is 2.12 bits per heavy atom. The summed E-state index contributed by atoms with van der Waals surface area (Å²) in [6, 6.07) is 3.82. The Morgan fingerprint density at radius 1 is 1.29 bits per heavy atom. The van der Waals surface area contributed by atoms with Crippen molar-refractivity contribution in [2.75, 3.05) is 0 Å². The molecule has 0 aliphatic heterocycles. The van der Waals surface area contributed by atoms with Crippen LogP contribution in [0.25, 0.3) is 11.5 Å². The van der Waals surface area contributed by atoms with E-state index >= 15 is 0 Å². The van der Waals surface area contributed by atoms with E-state index in [1.54, 1.807) is 0 Å². The average molecular weight is 233 g/mol. The summed E-state index contributed by atoms with van der Waals surface area (Å²) >= 11 is 0. The molecule has 0 unspecified atom stereocenters. The van der Waals surface area contributed by atoms with Crippen molar-refractivity contribution in [3.05, 3.63) is 24.2 Å². The van der Waals surface area contributed by atoms with E-state index in [1.165, 1.54) is 0 Å². The zero-order valence-corrected chi connectivity index (χ0v) is 9.47. The maximum Gasteiger partial charge on any atom is 0.230 e. The number of aliphatic hydroxyl groups is 1. The fraction of sp³-hybridized carbons (Fsp3) is 0.500. The van der Waals surface area contributed by atoms with Crippen LogP contribution >= 0.6 is 0 Å². The van der Waals surface area contributed by atoms with Crippen molar-refractivity contribution in [1.82, 2.24) is 15.1 Å². The van der Waals surface area contributed by atoms with Gasteiger partial charge in [0.15, 0.2) is 0 Å². The Kier molecular flexibility index (Phi) is 2.68. The molecule has 2 N–H and O–H groups in total. The second kappa shape index (κ2) is 4.33. The predicted octanol–water partition coefficient (Wildman–Crippen LogP) is 2.08. The molecule has 0 bridgehead atoms.